The molecule has 0 rings (SSSR count). The molecule has 0 heterocycles. The fraction of sp³-hybridized carbons (Fsp3) is 0.617. The molecule has 0 fully saturated rings. The smallest absolute Gasteiger partial charge is 0.306 e. The third-order valence-corrected chi connectivity index (χ3v) is 11.1. The predicted molar refractivity (Wildman–Crippen MR) is 286 cm³/mol. The Labute approximate surface area is 416 Å². The zero-order valence-corrected chi connectivity index (χ0v) is 43.7. The largest absolute Gasteiger partial charge is 0.544 e. The lowest BCUT2D eigenvalue weighted by atomic mass is 10.0. The maximum Gasteiger partial charge on any atom is 0.306 e. The maximum absolute atomic E-state index is 12.8. The summed E-state index contributed by atoms with van der Waals surface area (Å²) in [7, 11) is 5.39. The van der Waals surface area contributed by atoms with Crippen LogP contribution >= 0.6 is 0 Å². The maximum atomic E-state index is 12.8. The predicted octanol–water partition coefficient (Wildman–Crippen LogP) is 14.4. The number of nitrogens with zero attached hydrogens (tertiary/aromatic N) is 1. The summed E-state index contributed by atoms with van der Waals surface area (Å²) in [5.74, 6) is -1.83. The number of carbonyl (C=O) groups excluding carboxylic acids is 3. The first kappa shape index (κ1) is 63.7. The number of likely N-dealkylation sites (N-methyl/N-ethyl adjacent to an activating group) is 1. The van der Waals surface area contributed by atoms with Crippen LogP contribution in [0.1, 0.15) is 187 Å². The van der Waals surface area contributed by atoms with Crippen LogP contribution < -0.4 is 5.11 Å². The van der Waals surface area contributed by atoms with Gasteiger partial charge in [0, 0.05) is 19.3 Å². The van der Waals surface area contributed by atoms with Crippen molar-refractivity contribution in [3.63, 3.8) is 0 Å². The third-order valence-electron chi connectivity index (χ3n) is 11.1. The van der Waals surface area contributed by atoms with Crippen LogP contribution in [-0.2, 0) is 28.6 Å². The molecule has 384 valence electrons. The average molecular weight is 944 g/mol. The molecule has 0 aromatic carbocycles. The summed E-state index contributed by atoms with van der Waals surface area (Å²) in [6, 6.07) is -0.743. The number of unbranched alkanes of at least 4 members (excludes halogenated alkanes) is 12. The van der Waals surface area contributed by atoms with Gasteiger partial charge >= 0.3 is 11.9 Å². The molecule has 0 amide bonds. The Bertz CT molecular complexity index is 1520. The van der Waals surface area contributed by atoms with Crippen molar-refractivity contribution in [3.05, 3.63) is 122 Å². The number of quaternary nitrogens is 1. The number of rotatable bonds is 46. The van der Waals surface area contributed by atoms with E-state index in [1.807, 2.05) is 0 Å². The molecule has 0 aliphatic heterocycles. The highest BCUT2D eigenvalue weighted by molar-refractivity contribution is 5.70. The Morgan fingerprint density at radius 3 is 1.19 bits per heavy atom. The molecule has 0 aromatic rings. The highest BCUT2D eigenvalue weighted by Gasteiger charge is 2.25. The standard InChI is InChI=1S/C60H97NO7/c1-6-8-10-12-14-16-18-20-22-24-26-28-29-31-32-34-36-38-40-42-44-46-48-50-58(62)67-55-56(54-66-53-52-57(60(64)65)61(3,4)5)68-59(63)51-49-47-45-43-41-39-37-35-33-30-27-25-23-21-19-17-15-13-11-9-7-2/h8-11,14-17,20-23,26,28,31-32,36,38,42,44,56-57H,6-7,12-13,18-19,24-25,27,29-30,33-35,37,39-41,43,45-55H2,1-5H3/b10-8+,11-9+,16-14+,17-15+,22-20+,23-21+,28-26+,32-31+,38-36+,44-42+. The fourth-order valence-corrected chi connectivity index (χ4v) is 7.07. The molecule has 0 N–H and O–H groups in total. The molecule has 0 radical (unpaired) electrons. The summed E-state index contributed by atoms with van der Waals surface area (Å²) >= 11 is 0. The van der Waals surface area contributed by atoms with Gasteiger partial charge in [-0.05, 0) is 96.3 Å². The Balaban J connectivity index is 4.35. The number of carboxylic acids is 1. The van der Waals surface area contributed by atoms with Crippen molar-refractivity contribution < 1.29 is 38.2 Å². The number of esters is 2. The van der Waals surface area contributed by atoms with Crippen molar-refractivity contribution in [2.75, 3.05) is 41.0 Å². The monoisotopic (exact) mass is 944 g/mol. The number of aliphatic carboxylic acids is 1. The van der Waals surface area contributed by atoms with Crippen LogP contribution in [0.3, 0.4) is 0 Å². The number of ether oxygens (including phenoxy) is 3. The molecule has 68 heavy (non-hydrogen) atoms. The lowest BCUT2D eigenvalue weighted by Crippen LogP contribution is -2.55. The number of allylic oxidation sites excluding steroid dienone is 20. The number of carboxylic acid groups (broad SMARTS) is 1. The van der Waals surface area contributed by atoms with E-state index in [-0.39, 0.29) is 49.1 Å². The quantitative estimate of drug-likeness (QED) is 0.0259. The van der Waals surface area contributed by atoms with Gasteiger partial charge in [0.1, 0.15) is 12.6 Å². The van der Waals surface area contributed by atoms with E-state index in [0.29, 0.717) is 12.8 Å². The second-order valence-corrected chi connectivity index (χ2v) is 18.3. The van der Waals surface area contributed by atoms with Gasteiger partial charge < -0.3 is 28.6 Å². The molecule has 2 unspecified atom stereocenters. The van der Waals surface area contributed by atoms with Crippen LogP contribution in [0.15, 0.2) is 122 Å². The Morgan fingerprint density at radius 1 is 0.441 bits per heavy atom. The van der Waals surface area contributed by atoms with Crippen molar-refractivity contribution in [1.29, 1.82) is 0 Å². The third kappa shape index (κ3) is 46.8. The van der Waals surface area contributed by atoms with Crippen molar-refractivity contribution in [2.45, 2.75) is 199 Å². The first-order valence-electron chi connectivity index (χ1n) is 26.6. The Kier molecular flexibility index (Phi) is 46.1. The molecule has 0 spiro atoms. The van der Waals surface area contributed by atoms with Crippen molar-refractivity contribution in [1.82, 2.24) is 0 Å². The molecule has 8 nitrogen and oxygen atoms in total. The zero-order chi connectivity index (χ0) is 49.9. The van der Waals surface area contributed by atoms with E-state index < -0.39 is 18.1 Å². The van der Waals surface area contributed by atoms with E-state index >= 15 is 0 Å². The summed E-state index contributed by atoms with van der Waals surface area (Å²) in [5.41, 5.74) is 0. The average Bonchev–Trinajstić information content (AvgIpc) is 3.30. The van der Waals surface area contributed by atoms with E-state index in [0.717, 1.165) is 89.9 Å². The molecule has 0 aliphatic carbocycles. The molecular weight excluding hydrogens is 847 g/mol. The lowest BCUT2D eigenvalue weighted by molar-refractivity contribution is -0.889. The molecule has 0 aromatic heterocycles. The summed E-state index contributed by atoms with van der Waals surface area (Å²) < 4.78 is 17.2. The van der Waals surface area contributed by atoms with Gasteiger partial charge in [-0.3, -0.25) is 9.59 Å². The normalized spacial score (nSPS) is 13.8. The van der Waals surface area contributed by atoms with Crippen LogP contribution in [0.5, 0.6) is 0 Å². The minimum Gasteiger partial charge on any atom is -0.544 e. The minimum absolute atomic E-state index is 0.0136. The highest BCUT2D eigenvalue weighted by atomic mass is 16.6. The van der Waals surface area contributed by atoms with Gasteiger partial charge in [-0.1, -0.05) is 193 Å². The van der Waals surface area contributed by atoms with Gasteiger partial charge in [-0.15, -0.1) is 0 Å². The van der Waals surface area contributed by atoms with Gasteiger partial charge in [-0.25, -0.2) is 0 Å². The molecular formula is C60H97NO7. The van der Waals surface area contributed by atoms with Crippen molar-refractivity contribution in [3.8, 4) is 0 Å². The first-order valence-corrected chi connectivity index (χ1v) is 26.6. The van der Waals surface area contributed by atoms with Gasteiger partial charge in [0.05, 0.1) is 40.3 Å². The van der Waals surface area contributed by atoms with Crippen molar-refractivity contribution in [2.24, 2.45) is 0 Å². The fourth-order valence-electron chi connectivity index (χ4n) is 7.07. The molecule has 2 atom stereocenters. The number of hydrogen-bond donors (Lipinski definition) is 0. The van der Waals surface area contributed by atoms with Gasteiger partial charge in [0.15, 0.2) is 6.10 Å². The summed E-state index contributed by atoms with van der Waals surface area (Å²) in [4.78, 5) is 37.1. The topological polar surface area (TPSA) is 102 Å². The van der Waals surface area contributed by atoms with E-state index in [2.05, 4.69) is 135 Å². The molecule has 0 aliphatic rings. The number of hydrogen-bond acceptors (Lipinski definition) is 7. The minimum atomic E-state index is -1.14. The molecule has 8 heteroatoms. The summed E-state index contributed by atoms with van der Waals surface area (Å²) in [6.45, 7) is 4.37. The van der Waals surface area contributed by atoms with E-state index in [1.54, 1.807) is 21.1 Å². The van der Waals surface area contributed by atoms with E-state index in [9.17, 15) is 19.5 Å². The first-order chi connectivity index (χ1) is 33.1. The van der Waals surface area contributed by atoms with Crippen LogP contribution in [0.25, 0.3) is 0 Å². The molecule has 0 saturated carbocycles. The Morgan fingerprint density at radius 2 is 0.794 bits per heavy atom. The second kappa shape index (κ2) is 49.2. The van der Waals surface area contributed by atoms with E-state index in [4.69, 9.17) is 14.2 Å². The van der Waals surface area contributed by atoms with Crippen molar-refractivity contribution >= 4 is 17.9 Å². The SMILES string of the molecule is CC/C=C/C/C=C/C/C=C/C/C=C/C/C=C/C/C=C/C/C=C/CCCC(=O)OCC(COCCC(C(=O)[O-])[N+](C)(C)C)OC(=O)CCCCCCCCCCCCC/C=C/C/C=C/C/C=C/CC. The van der Waals surface area contributed by atoms with Crippen LogP contribution in [0.2, 0.25) is 0 Å². The zero-order valence-electron chi connectivity index (χ0n) is 43.7. The van der Waals surface area contributed by atoms with E-state index in [1.165, 1.54) is 57.8 Å². The Hall–Kier alpha value is -4.27. The van der Waals surface area contributed by atoms with Gasteiger partial charge in [0.25, 0.3) is 0 Å². The summed E-state index contributed by atoms with van der Waals surface area (Å²) in [6.07, 6.45) is 69.5. The molecule has 0 saturated heterocycles. The molecule has 0 bridgehead atoms. The summed E-state index contributed by atoms with van der Waals surface area (Å²) in [5, 5.41) is 11.7. The number of carbonyl (C=O) groups is 3. The highest BCUT2D eigenvalue weighted by Crippen LogP contribution is 2.14. The van der Waals surface area contributed by atoms with Crippen LogP contribution in [0.4, 0.5) is 0 Å². The van der Waals surface area contributed by atoms with Gasteiger partial charge in [-0.2, -0.15) is 0 Å². The lowest BCUT2D eigenvalue weighted by Gasteiger charge is -2.34. The van der Waals surface area contributed by atoms with Crippen LogP contribution in [-0.4, -0.2) is 75.5 Å². The van der Waals surface area contributed by atoms with Crippen LogP contribution in [0, 0.1) is 0 Å². The van der Waals surface area contributed by atoms with Gasteiger partial charge in [0.2, 0.25) is 0 Å². The second-order valence-electron chi connectivity index (χ2n) is 18.3.